The fraction of sp³-hybridized carbons (Fsp3) is 0.381. The average molecular weight is 340 g/mol. The Bertz CT molecular complexity index is 768. The Hall–Kier alpha value is -1.80. The Balaban J connectivity index is 1.49. The van der Waals surface area contributed by atoms with Crippen LogP contribution in [0.2, 0.25) is 5.02 Å². The molecule has 0 radical (unpaired) electrons. The van der Waals surface area contributed by atoms with Crippen molar-refractivity contribution in [2.45, 2.75) is 44.7 Å². The molecule has 2 nitrogen and oxygen atoms in total. The second-order valence-corrected chi connectivity index (χ2v) is 7.56. The van der Waals surface area contributed by atoms with E-state index < -0.39 is 0 Å². The molecule has 0 aliphatic heterocycles. The molecule has 124 valence electrons. The van der Waals surface area contributed by atoms with E-state index in [9.17, 15) is 4.79 Å². The standard InChI is InChI=1S/C21H22ClNO/c1-14-5-4-6-15(11-14)13-23(16-9-10-16)21(24)19-12-18(19)17-7-2-3-8-20(17)22/h2-8,11,16,18-19H,9-10,12-13H2,1H3. The number of hydrogen-bond acceptors (Lipinski definition) is 1. The van der Waals surface area contributed by atoms with Crippen LogP contribution in [0.5, 0.6) is 0 Å². The predicted molar refractivity (Wildman–Crippen MR) is 97.1 cm³/mol. The highest BCUT2D eigenvalue weighted by Crippen LogP contribution is 2.51. The van der Waals surface area contributed by atoms with E-state index in [1.807, 2.05) is 18.2 Å². The van der Waals surface area contributed by atoms with Gasteiger partial charge in [-0.05, 0) is 49.3 Å². The molecule has 2 atom stereocenters. The van der Waals surface area contributed by atoms with Gasteiger partial charge in [0, 0.05) is 23.5 Å². The minimum absolute atomic E-state index is 0.107. The number of aryl methyl sites for hydroxylation is 1. The van der Waals surface area contributed by atoms with Crippen molar-refractivity contribution in [3.05, 3.63) is 70.2 Å². The first-order valence-electron chi connectivity index (χ1n) is 8.74. The molecule has 2 saturated carbocycles. The number of carbonyl (C=O) groups excluding carboxylic acids is 1. The topological polar surface area (TPSA) is 20.3 Å². The number of hydrogen-bond donors (Lipinski definition) is 0. The van der Waals surface area contributed by atoms with Gasteiger partial charge in [-0.1, -0.05) is 59.6 Å². The molecule has 0 N–H and O–H groups in total. The van der Waals surface area contributed by atoms with Crippen molar-refractivity contribution in [1.29, 1.82) is 0 Å². The minimum Gasteiger partial charge on any atom is -0.335 e. The highest BCUT2D eigenvalue weighted by atomic mass is 35.5. The van der Waals surface area contributed by atoms with Gasteiger partial charge in [-0.25, -0.2) is 0 Å². The van der Waals surface area contributed by atoms with Crippen molar-refractivity contribution in [2.75, 3.05) is 0 Å². The summed E-state index contributed by atoms with van der Waals surface area (Å²) >= 11 is 6.31. The summed E-state index contributed by atoms with van der Waals surface area (Å²) in [7, 11) is 0. The molecule has 3 heteroatoms. The van der Waals surface area contributed by atoms with E-state index in [1.54, 1.807) is 0 Å². The van der Waals surface area contributed by atoms with E-state index in [4.69, 9.17) is 11.6 Å². The number of rotatable bonds is 5. The Labute approximate surface area is 148 Å². The van der Waals surface area contributed by atoms with Crippen LogP contribution in [0.15, 0.2) is 48.5 Å². The van der Waals surface area contributed by atoms with Crippen LogP contribution in [-0.2, 0) is 11.3 Å². The molecule has 1 amide bonds. The first kappa shape index (κ1) is 15.7. The monoisotopic (exact) mass is 339 g/mol. The fourth-order valence-corrected chi connectivity index (χ4v) is 3.86. The van der Waals surface area contributed by atoms with E-state index in [0.717, 1.165) is 36.4 Å². The lowest BCUT2D eigenvalue weighted by Crippen LogP contribution is -2.34. The lowest BCUT2D eigenvalue weighted by atomic mass is 10.1. The van der Waals surface area contributed by atoms with Crippen molar-refractivity contribution < 1.29 is 4.79 Å². The van der Waals surface area contributed by atoms with Crippen LogP contribution in [-0.4, -0.2) is 16.8 Å². The SMILES string of the molecule is Cc1cccc(CN(C(=O)C2CC2c2ccccc2Cl)C2CC2)c1. The van der Waals surface area contributed by atoms with E-state index in [-0.39, 0.29) is 5.92 Å². The maximum Gasteiger partial charge on any atom is 0.226 e. The van der Waals surface area contributed by atoms with Gasteiger partial charge in [-0.15, -0.1) is 0 Å². The molecule has 0 aromatic heterocycles. The van der Waals surface area contributed by atoms with Gasteiger partial charge in [0.25, 0.3) is 0 Å². The third kappa shape index (κ3) is 3.21. The van der Waals surface area contributed by atoms with Crippen molar-refractivity contribution in [2.24, 2.45) is 5.92 Å². The van der Waals surface area contributed by atoms with Crippen molar-refractivity contribution in [1.82, 2.24) is 4.90 Å². The van der Waals surface area contributed by atoms with Gasteiger partial charge in [0.2, 0.25) is 5.91 Å². The number of benzene rings is 2. The molecular formula is C21H22ClNO. The molecule has 2 aromatic carbocycles. The van der Waals surface area contributed by atoms with Gasteiger partial charge in [0.05, 0.1) is 0 Å². The second-order valence-electron chi connectivity index (χ2n) is 7.16. The Kier molecular flexibility index (Phi) is 4.09. The van der Waals surface area contributed by atoms with Crippen LogP contribution in [0.4, 0.5) is 0 Å². The molecule has 24 heavy (non-hydrogen) atoms. The molecule has 2 aliphatic carbocycles. The summed E-state index contributed by atoms with van der Waals surface area (Å²) in [4.78, 5) is 15.2. The highest BCUT2D eigenvalue weighted by molar-refractivity contribution is 6.31. The molecule has 0 heterocycles. The van der Waals surface area contributed by atoms with Crippen LogP contribution < -0.4 is 0 Å². The van der Waals surface area contributed by atoms with Gasteiger partial charge < -0.3 is 4.90 Å². The molecule has 4 rings (SSSR count). The van der Waals surface area contributed by atoms with E-state index in [2.05, 4.69) is 42.2 Å². The number of halogens is 1. The summed E-state index contributed by atoms with van der Waals surface area (Å²) in [6.45, 7) is 2.83. The zero-order valence-electron chi connectivity index (χ0n) is 13.9. The maximum absolute atomic E-state index is 13.1. The zero-order valence-corrected chi connectivity index (χ0v) is 14.7. The molecule has 2 fully saturated rings. The van der Waals surface area contributed by atoms with Crippen LogP contribution in [0.1, 0.15) is 41.9 Å². The van der Waals surface area contributed by atoms with E-state index in [1.165, 1.54) is 11.1 Å². The lowest BCUT2D eigenvalue weighted by molar-refractivity contribution is -0.133. The normalized spacial score (nSPS) is 22.2. The van der Waals surface area contributed by atoms with Gasteiger partial charge in [-0.2, -0.15) is 0 Å². The zero-order chi connectivity index (χ0) is 16.7. The molecule has 2 aromatic rings. The summed E-state index contributed by atoms with van der Waals surface area (Å²) in [5, 5.41) is 0.787. The van der Waals surface area contributed by atoms with E-state index in [0.29, 0.717) is 17.9 Å². The average Bonchev–Trinajstić information content (AvgIpc) is 3.46. The number of nitrogens with zero attached hydrogens (tertiary/aromatic N) is 1. The molecular weight excluding hydrogens is 318 g/mol. The van der Waals surface area contributed by atoms with Crippen LogP contribution in [0.3, 0.4) is 0 Å². The van der Waals surface area contributed by atoms with Gasteiger partial charge in [0.1, 0.15) is 0 Å². The smallest absolute Gasteiger partial charge is 0.226 e. The second kappa shape index (κ2) is 6.25. The summed E-state index contributed by atoms with van der Waals surface area (Å²) < 4.78 is 0. The lowest BCUT2D eigenvalue weighted by Gasteiger charge is -2.23. The molecule has 2 aliphatic rings. The van der Waals surface area contributed by atoms with Gasteiger partial charge in [0.15, 0.2) is 0 Å². The summed E-state index contributed by atoms with van der Waals surface area (Å²) in [5.41, 5.74) is 3.60. The Morgan fingerprint density at radius 1 is 1.17 bits per heavy atom. The van der Waals surface area contributed by atoms with Crippen molar-refractivity contribution in [3.8, 4) is 0 Å². The van der Waals surface area contributed by atoms with E-state index >= 15 is 0 Å². The quantitative estimate of drug-likeness (QED) is 0.755. The first-order chi connectivity index (χ1) is 11.6. The third-order valence-corrected chi connectivity index (χ3v) is 5.46. The van der Waals surface area contributed by atoms with Gasteiger partial charge in [-0.3, -0.25) is 4.79 Å². The third-order valence-electron chi connectivity index (χ3n) is 5.12. The van der Waals surface area contributed by atoms with Crippen LogP contribution in [0.25, 0.3) is 0 Å². The number of carbonyl (C=O) groups is 1. The highest BCUT2D eigenvalue weighted by Gasteiger charge is 2.48. The maximum atomic E-state index is 13.1. The number of amides is 1. The summed E-state index contributed by atoms with van der Waals surface area (Å²) in [6, 6.07) is 16.8. The van der Waals surface area contributed by atoms with Crippen LogP contribution >= 0.6 is 11.6 Å². The Morgan fingerprint density at radius 3 is 2.67 bits per heavy atom. The molecule has 0 saturated heterocycles. The predicted octanol–water partition coefficient (Wildman–Crippen LogP) is 4.94. The summed E-state index contributed by atoms with van der Waals surface area (Å²) in [6.07, 6.45) is 3.21. The van der Waals surface area contributed by atoms with Crippen molar-refractivity contribution >= 4 is 17.5 Å². The summed E-state index contributed by atoms with van der Waals surface area (Å²) in [5.74, 6) is 0.712. The Morgan fingerprint density at radius 2 is 1.96 bits per heavy atom. The largest absolute Gasteiger partial charge is 0.335 e. The van der Waals surface area contributed by atoms with Crippen molar-refractivity contribution in [3.63, 3.8) is 0 Å². The minimum atomic E-state index is 0.107. The van der Waals surface area contributed by atoms with Crippen LogP contribution in [0, 0.1) is 12.8 Å². The molecule has 0 bridgehead atoms. The molecule has 0 spiro atoms. The fourth-order valence-electron chi connectivity index (χ4n) is 3.58. The van der Waals surface area contributed by atoms with Gasteiger partial charge >= 0.3 is 0 Å². The first-order valence-corrected chi connectivity index (χ1v) is 9.12. The molecule has 2 unspecified atom stereocenters.